The van der Waals surface area contributed by atoms with E-state index in [0.29, 0.717) is 12.8 Å². The maximum absolute atomic E-state index is 10.1. The molecular weight excluding hydrogens is 400 g/mol. The molecule has 0 aliphatic heterocycles. The van der Waals surface area contributed by atoms with Crippen LogP contribution in [-0.4, -0.2) is 35.6 Å². The van der Waals surface area contributed by atoms with Gasteiger partial charge in [-0.15, -0.1) is 0 Å². The van der Waals surface area contributed by atoms with Crippen LogP contribution in [0.4, 0.5) is 0 Å². The van der Waals surface area contributed by atoms with Gasteiger partial charge in [-0.05, 0) is 51.2 Å². The van der Waals surface area contributed by atoms with E-state index in [1.807, 2.05) is 38.1 Å². The summed E-state index contributed by atoms with van der Waals surface area (Å²) in [5.41, 5.74) is 2.55. The van der Waals surface area contributed by atoms with Gasteiger partial charge in [0.2, 0.25) is 0 Å². The van der Waals surface area contributed by atoms with Crippen molar-refractivity contribution >= 4 is 21.5 Å². The number of rotatable bonds is 11. The normalized spacial score (nSPS) is 13.2. The van der Waals surface area contributed by atoms with Crippen LogP contribution in [0.2, 0.25) is 0 Å². The van der Waals surface area contributed by atoms with Crippen molar-refractivity contribution in [3.05, 3.63) is 59.7 Å². The Morgan fingerprint density at radius 1 is 0.812 bits per heavy atom. The third kappa shape index (κ3) is 5.81. The first kappa shape index (κ1) is 24.1. The maximum Gasteiger partial charge on any atom is 0.135 e. The third-order valence-electron chi connectivity index (χ3n) is 5.76. The number of benzene rings is 3. The lowest BCUT2D eigenvalue weighted by molar-refractivity contribution is 0.105. The van der Waals surface area contributed by atoms with E-state index in [0.717, 1.165) is 45.9 Å². The van der Waals surface area contributed by atoms with Crippen molar-refractivity contribution in [3.63, 3.8) is 0 Å². The van der Waals surface area contributed by atoms with Crippen LogP contribution >= 0.6 is 0 Å². The molecule has 0 amide bonds. The van der Waals surface area contributed by atoms with E-state index in [1.165, 1.54) is 11.1 Å². The van der Waals surface area contributed by atoms with Gasteiger partial charge in [0, 0.05) is 21.5 Å². The van der Waals surface area contributed by atoms with Gasteiger partial charge in [-0.2, -0.15) is 0 Å². The largest absolute Gasteiger partial charge is 0.490 e. The number of fused-ring (bicyclic) bond motifs is 2. The fourth-order valence-electron chi connectivity index (χ4n) is 3.74. The molecule has 2 unspecified atom stereocenters. The lowest BCUT2D eigenvalue weighted by Crippen LogP contribution is -2.17. The number of aryl methyl sites for hydroxylation is 1. The highest BCUT2D eigenvalue weighted by Gasteiger charge is 2.18. The van der Waals surface area contributed by atoms with Gasteiger partial charge in [0.1, 0.15) is 24.7 Å². The van der Waals surface area contributed by atoms with Crippen molar-refractivity contribution in [1.29, 1.82) is 0 Å². The fourth-order valence-corrected chi connectivity index (χ4v) is 3.74. The summed E-state index contributed by atoms with van der Waals surface area (Å²) in [4.78, 5) is 0. The third-order valence-corrected chi connectivity index (χ3v) is 5.76. The molecule has 3 aromatic rings. The number of ether oxygens (including phenoxy) is 2. The quantitative estimate of drug-likeness (QED) is 0.278. The first-order chi connectivity index (χ1) is 15.4. The molecule has 2 N–H and O–H groups in total. The Morgan fingerprint density at radius 3 is 1.88 bits per heavy atom. The molecule has 32 heavy (non-hydrogen) atoms. The molecule has 0 saturated carbocycles. The highest BCUT2D eigenvalue weighted by atomic mass is 16.5. The van der Waals surface area contributed by atoms with Crippen molar-refractivity contribution < 1.29 is 19.7 Å². The van der Waals surface area contributed by atoms with Crippen molar-refractivity contribution in [3.8, 4) is 11.5 Å². The average Bonchev–Trinajstić information content (AvgIpc) is 2.80. The van der Waals surface area contributed by atoms with Crippen LogP contribution in [0.3, 0.4) is 0 Å². The molecule has 0 radical (unpaired) electrons. The number of aliphatic hydroxyl groups is 2. The smallest absolute Gasteiger partial charge is 0.135 e. The SMILES string of the molecule is CCC(O)COc1c2ccccc2c(OCC(O)CC)c2cc(CCC=C(C)C)ccc12. The summed E-state index contributed by atoms with van der Waals surface area (Å²) in [6.45, 7) is 8.61. The standard InChI is InChI=1S/C28H36O4/c1-5-21(29)17-31-27-23-12-7-8-13-24(23)28(32-18-22(30)6-2)26-16-20(14-15-25(26)27)11-9-10-19(3)4/h7-8,10,12-16,21-22,29-30H,5-6,9,11,17-18H2,1-4H3. The van der Waals surface area contributed by atoms with Gasteiger partial charge in [0.25, 0.3) is 0 Å². The first-order valence-electron chi connectivity index (χ1n) is 11.7. The van der Waals surface area contributed by atoms with Crippen molar-refractivity contribution in [2.75, 3.05) is 13.2 Å². The van der Waals surface area contributed by atoms with Crippen LogP contribution in [-0.2, 0) is 6.42 Å². The second kappa shape index (κ2) is 11.3. The summed E-state index contributed by atoms with van der Waals surface area (Å²) in [6.07, 6.45) is 4.43. The van der Waals surface area contributed by atoms with Crippen LogP contribution in [0.25, 0.3) is 21.5 Å². The highest BCUT2D eigenvalue weighted by Crippen LogP contribution is 2.43. The summed E-state index contributed by atoms with van der Waals surface area (Å²) >= 11 is 0. The van der Waals surface area contributed by atoms with E-state index in [1.54, 1.807) is 0 Å². The molecule has 0 aromatic heterocycles. The monoisotopic (exact) mass is 436 g/mol. The van der Waals surface area contributed by atoms with Crippen LogP contribution in [0.15, 0.2) is 54.1 Å². The summed E-state index contributed by atoms with van der Waals surface area (Å²) in [5, 5.41) is 24.1. The number of allylic oxidation sites excluding steroid dienone is 2. The van der Waals surface area contributed by atoms with Crippen LogP contribution in [0.1, 0.15) is 52.5 Å². The van der Waals surface area contributed by atoms with Gasteiger partial charge in [0.15, 0.2) is 0 Å². The predicted molar refractivity (Wildman–Crippen MR) is 133 cm³/mol. The Balaban J connectivity index is 2.15. The molecule has 0 saturated heterocycles. The molecule has 0 fully saturated rings. The van der Waals surface area contributed by atoms with Crippen LogP contribution < -0.4 is 9.47 Å². The molecule has 4 heteroatoms. The van der Waals surface area contributed by atoms with Crippen molar-refractivity contribution in [2.24, 2.45) is 0 Å². The molecule has 4 nitrogen and oxygen atoms in total. The highest BCUT2D eigenvalue weighted by molar-refractivity contribution is 6.11. The van der Waals surface area contributed by atoms with Crippen LogP contribution in [0, 0.1) is 0 Å². The summed E-state index contributed by atoms with van der Waals surface area (Å²) in [6, 6.07) is 14.4. The Morgan fingerprint density at radius 2 is 1.34 bits per heavy atom. The Kier molecular flexibility index (Phi) is 8.54. The van der Waals surface area contributed by atoms with Crippen molar-refractivity contribution in [2.45, 2.75) is 65.6 Å². The van der Waals surface area contributed by atoms with E-state index in [9.17, 15) is 10.2 Å². The number of hydrogen-bond acceptors (Lipinski definition) is 4. The summed E-state index contributed by atoms with van der Waals surface area (Å²) in [7, 11) is 0. The Hall–Kier alpha value is -2.56. The lowest BCUT2D eigenvalue weighted by Gasteiger charge is -2.20. The van der Waals surface area contributed by atoms with Gasteiger partial charge < -0.3 is 19.7 Å². The molecule has 3 aromatic carbocycles. The Labute approximate surface area is 191 Å². The summed E-state index contributed by atoms with van der Waals surface area (Å²) < 4.78 is 12.4. The molecule has 0 bridgehead atoms. The lowest BCUT2D eigenvalue weighted by atomic mass is 9.97. The van der Waals surface area contributed by atoms with E-state index < -0.39 is 12.2 Å². The molecule has 0 aliphatic carbocycles. The van der Waals surface area contributed by atoms with Gasteiger partial charge in [0.05, 0.1) is 12.2 Å². The van der Waals surface area contributed by atoms with E-state index in [-0.39, 0.29) is 13.2 Å². The van der Waals surface area contributed by atoms with Gasteiger partial charge in [-0.3, -0.25) is 0 Å². The zero-order chi connectivity index (χ0) is 23.1. The van der Waals surface area contributed by atoms with Gasteiger partial charge >= 0.3 is 0 Å². The van der Waals surface area contributed by atoms with E-state index >= 15 is 0 Å². The second-order valence-corrected chi connectivity index (χ2v) is 8.65. The van der Waals surface area contributed by atoms with E-state index in [4.69, 9.17) is 9.47 Å². The van der Waals surface area contributed by atoms with Crippen molar-refractivity contribution in [1.82, 2.24) is 0 Å². The molecular formula is C28H36O4. The minimum Gasteiger partial charge on any atom is -0.490 e. The Bertz CT molecular complexity index is 1070. The van der Waals surface area contributed by atoms with Gasteiger partial charge in [-0.25, -0.2) is 0 Å². The molecule has 0 heterocycles. The second-order valence-electron chi connectivity index (χ2n) is 8.65. The molecule has 2 atom stereocenters. The zero-order valence-electron chi connectivity index (χ0n) is 19.7. The first-order valence-corrected chi connectivity index (χ1v) is 11.7. The zero-order valence-corrected chi connectivity index (χ0v) is 19.7. The average molecular weight is 437 g/mol. The van der Waals surface area contributed by atoms with Crippen LogP contribution in [0.5, 0.6) is 11.5 Å². The van der Waals surface area contributed by atoms with Gasteiger partial charge in [-0.1, -0.05) is 61.9 Å². The predicted octanol–water partition coefficient (Wildman–Crippen LogP) is 6.19. The molecule has 0 spiro atoms. The summed E-state index contributed by atoms with van der Waals surface area (Å²) in [5.74, 6) is 1.54. The minimum absolute atomic E-state index is 0.242. The topological polar surface area (TPSA) is 58.9 Å². The molecule has 0 aliphatic rings. The van der Waals surface area contributed by atoms with E-state index in [2.05, 4.69) is 38.1 Å². The number of hydrogen-bond donors (Lipinski definition) is 2. The maximum atomic E-state index is 10.1. The fraction of sp³-hybridized carbons (Fsp3) is 0.429. The molecule has 172 valence electrons. The number of aliphatic hydroxyl groups excluding tert-OH is 2. The minimum atomic E-state index is -0.514. The molecule has 3 rings (SSSR count).